The van der Waals surface area contributed by atoms with E-state index in [-0.39, 0.29) is 18.2 Å². The summed E-state index contributed by atoms with van der Waals surface area (Å²) in [6.07, 6.45) is 1.77. The molecule has 0 aliphatic heterocycles. The van der Waals surface area contributed by atoms with Gasteiger partial charge in [0, 0.05) is 24.5 Å². The molecule has 0 bridgehead atoms. The first-order valence-electron chi connectivity index (χ1n) is 5.12. The number of ketones is 1. The maximum Gasteiger partial charge on any atom is 0.196 e. The summed E-state index contributed by atoms with van der Waals surface area (Å²) in [4.78, 5) is 12.2. The number of carbonyl (C=O) groups is 1. The van der Waals surface area contributed by atoms with Crippen LogP contribution in [0.15, 0.2) is 36.5 Å². The summed E-state index contributed by atoms with van der Waals surface area (Å²) in [5.74, 6) is -0.0174. The van der Waals surface area contributed by atoms with Crippen LogP contribution < -0.4 is 5.73 Å². The summed E-state index contributed by atoms with van der Waals surface area (Å²) in [5.41, 5.74) is 8.54. The molecule has 0 unspecified atom stereocenters. The average Bonchev–Trinajstić information content (AvgIpc) is 2.54. The largest absolute Gasteiger partial charge is 0.397 e. The van der Waals surface area contributed by atoms with Crippen molar-refractivity contribution in [2.45, 2.75) is 6.92 Å². The first-order chi connectivity index (χ1) is 7.61. The Kier molecular flexibility index (Phi) is 3.97. The van der Waals surface area contributed by atoms with E-state index in [0.29, 0.717) is 16.8 Å². The molecule has 4 heteroatoms. The summed E-state index contributed by atoms with van der Waals surface area (Å²) < 4.78 is 1.87. The molecule has 0 saturated carbocycles. The minimum Gasteiger partial charge on any atom is -0.397 e. The Balaban J connectivity index is 0.00000144. The minimum absolute atomic E-state index is 0. The van der Waals surface area contributed by atoms with Gasteiger partial charge in [-0.1, -0.05) is 30.3 Å². The Morgan fingerprint density at radius 3 is 2.29 bits per heavy atom. The van der Waals surface area contributed by atoms with Gasteiger partial charge in [-0.15, -0.1) is 12.4 Å². The molecule has 0 radical (unpaired) electrons. The summed E-state index contributed by atoms with van der Waals surface area (Å²) in [6.45, 7) is 1.90. The van der Waals surface area contributed by atoms with Crippen LogP contribution in [0.3, 0.4) is 0 Å². The lowest BCUT2D eigenvalue weighted by molar-refractivity contribution is 0.103. The van der Waals surface area contributed by atoms with Crippen LogP contribution in [0, 0.1) is 6.92 Å². The maximum absolute atomic E-state index is 12.2. The molecule has 0 saturated heterocycles. The third kappa shape index (κ3) is 2.34. The number of hydrogen-bond donors (Lipinski definition) is 1. The molecule has 1 aromatic heterocycles. The number of anilines is 1. The van der Waals surface area contributed by atoms with E-state index in [4.69, 9.17) is 5.73 Å². The lowest BCUT2D eigenvalue weighted by Crippen LogP contribution is -2.05. The number of aromatic nitrogens is 1. The molecule has 0 aliphatic carbocycles. The normalized spacial score (nSPS) is 9.76. The van der Waals surface area contributed by atoms with E-state index in [1.54, 1.807) is 18.3 Å². The van der Waals surface area contributed by atoms with Gasteiger partial charge in [0.1, 0.15) is 0 Å². The number of carbonyl (C=O) groups excluding carboxylic acids is 1. The number of nitrogens with zero attached hydrogens (tertiary/aromatic N) is 1. The topological polar surface area (TPSA) is 48.0 Å². The summed E-state index contributed by atoms with van der Waals surface area (Å²) in [7, 11) is 1.88. The Morgan fingerprint density at radius 1 is 1.24 bits per heavy atom. The van der Waals surface area contributed by atoms with Crippen molar-refractivity contribution < 1.29 is 4.79 Å². The molecule has 0 aliphatic rings. The summed E-state index contributed by atoms with van der Waals surface area (Å²) >= 11 is 0. The first kappa shape index (κ1) is 13.3. The Labute approximate surface area is 107 Å². The Morgan fingerprint density at radius 2 is 1.82 bits per heavy atom. The second-order valence-corrected chi connectivity index (χ2v) is 3.85. The monoisotopic (exact) mass is 250 g/mol. The van der Waals surface area contributed by atoms with E-state index in [0.717, 1.165) is 5.69 Å². The summed E-state index contributed by atoms with van der Waals surface area (Å²) in [6, 6.07) is 9.18. The minimum atomic E-state index is -0.0174. The molecule has 2 aromatic rings. The third-order valence-electron chi connectivity index (χ3n) is 2.78. The number of halogens is 1. The van der Waals surface area contributed by atoms with Crippen molar-refractivity contribution >= 4 is 23.9 Å². The zero-order valence-electron chi connectivity index (χ0n) is 9.81. The zero-order valence-corrected chi connectivity index (χ0v) is 10.6. The van der Waals surface area contributed by atoms with E-state index in [2.05, 4.69) is 0 Å². The smallest absolute Gasteiger partial charge is 0.196 e. The molecule has 17 heavy (non-hydrogen) atoms. The fourth-order valence-electron chi connectivity index (χ4n) is 1.78. The number of nitrogens with two attached hydrogens (primary N) is 1. The first-order valence-corrected chi connectivity index (χ1v) is 5.12. The third-order valence-corrected chi connectivity index (χ3v) is 2.78. The van der Waals surface area contributed by atoms with Gasteiger partial charge in [-0.05, 0) is 6.92 Å². The van der Waals surface area contributed by atoms with Gasteiger partial charge in [-0.25, -0.2) is 0 Å². The van der Waals surface area contributed by atoms with Crippen molar-refractivity contribution in [3.63, 3.8) is 0 Å². The van der Waals surface area contributed by atoms with Gasteiger partial charge in [0.05, 0.1) is 11.3 Å². The Hall–Kier alpha value is -1.74. The van der Waals surface area contributed by atoms with Gasteiger partial charge in [-0.3, -0.25) is 4.79 Å². The highest BCUT2D eigenvalue weighted by Gasteiger charge is 2.17. The SMILES string of the molecule is Cc1c(C(=O)c2ccccc2)c(N)cn1C.Cl. The van der Waals surface area contributed by atoms with E-state index in [1.807, 2.05) is 36.7 Å². The van der Waals surface area contributed by atoms with E-state index in [1.165, 1.54) is 0 Å². The van der Waals surface area contributed by atoms with E-state index >= 15 is 0 Å². The van der Waals surface area contributed by atoms with E-state index < -0.39 is 0 Å². The van der Waals surface area contributed by atoms with Crippen molar-refractivity contribution in [3.05, 3.63) is 53.3 Å². The van der Waals surface area contributed by atoms with Crippen molar-refractivity contribution in [2.24, 2.45) is 7.05 Å². The molecule has 90 valence electrons. The molecule has 1 heterocycles. The van der Waals surface area contributed by atoms with Gasteiger partial charge in [0.15, 0.2) is 5.78 Å². The number of aryl methyl sites for hydroxylation is 1. The lowest BCUT2D eigenvalue weighted by Gasteiger charge is -2.02. The van der Waals surface area contributed by atoms with Crippen molar-refractivity contribution in [1.29, 1.82) is 0 Å². The molecule has 2 rings (SSSR count). The maximum atomic E-state index is 12.2. The van der Waals surface area contributed by atoms with Crippen LogP contribution in [0.5, 0.6) is 0 Å². The van der Waals surface area contributed by atoms with Crippen molar-refractivity contribution in [2.75, 3.05) is 5.73 Å². The van der Waals surface area contributed by atoms with Crippen LogP contribution in [-0.4, -0.2) is 10.4 Å². The highest BCUT2D eigenvalue weighted by atomic mass is 35.5. The van der Waals surface area contributed by atoms with Gasteiger partial charge >= 0.3 is 0 Å². The molecular weight excluding hydrogens is 236 g/mol. The number of nitrogen functional groups attached to an aromatic ring is 1. The Bertz CT molecular complexity index is 532. The quantitative estimate of drug-likeness (QED) is 0.833. The van der Waals surface area contributed by atoms with Crippen LogP contribution in [0.25, 0.3) is 0 Å². The second-order valence-electron chi connectivity index (χ2n) is 3.85. The van der Waals surface area contributed by atoms with Crippen LogP contribution >= 0.6 is 12.4 Å². The lowest BCUT2D eigenvalue weighted by atomic mass is 10.0. The van der Waals surface area contributed by atoms with Crippen LogP contribution in [0.4, 0.5) is 5.69 Å². The molecule has 0 fully saturated rings. The van der Waals surface area contributed by atoms with Gasteiger partial charge in [0.2, 0.25) is 0 Å². The molecule has 1 aromatic carbocycles. The van der Waals surface area contributed by atoms with Gasteiger partial charge in [0.25, 0.3) is 0 Å². The molecule has 0 atom stereocenters. The number of hydrogen-bond acceptors (Lipinski definition) is 2. The van der Waals surface area contributed by atoms with Crippen molar-refractivity contribution in [3.8, 4) is 0 Å². The standard InChI is InChI=1S/C13H14N2O.ClH/c1-9-12(11(14)8-15(9)2)13(16)10-6-4-3-5-7-10;/h3-8H,14H2,1-2H3;1H. The highest BCUT2D eigenvalue weighted by Crippen LogP contribution is 2.21. The van der Waals surface area contributed by atoms with Gasteiger partial charge in [-0.2, -0.15) is 0 Å². The van der Waals surface area contributed by atoms with Crippen LogP contribution in [0.2, 0.25) is 0 Å². The van der Waals surface area contributed by atoms with Crippen molar-refractivity contribution in [1.82, 2.24) is 4.57 Å². The molecule has 2 N–H and O–H groups in total. The van der Waals surface area contributed by atoms with Crippen LogP contribution in [-0.2, 0) is 7.05 Å². The predicted octanol–water partition coefficient (Wildman–Crippen LogP) is 2.57. The fourth-order valence-corrected chi connectivity index (χ4v) is 1.78. The summed E-state index contributed by atoms with van der Waals surface area (Å²) in [5, 5.41) is 0. The zero-order chi connectivity index (χ0) is 11.7. The molecule has 0 spiro atoms. The fraction of sp³-hybridized carbons (Fsp3) is 0.154. The highest BCUT2D eigenvalue weighted by molar-refractivity contribution is 6.12. The number of benzene rings is 1. The number of rotatable bonds is 2. The molecule has 3 nitrogen and oxygen atoms in total. The molecule has 0 amide bonds. The predicted molar refractivity (Wildman–Crippen MR) is 71.7 cm³/mol. The van der Waals surface area contributed by atoms with Crippen LogP contribution in [0.1, 0.15) is 21.6 Å². The second kappa shape index (κ2) is 5.06. The molecular formula is C13H15ClN2O. The van der Waals surface area contributed by atoms with E-state index in [9.17, 15) is 4.79 Å². The van der Waals surface area contributed by atoms with Gasteiger partial charge < -0.3 is 10.3 Å². The average molecular weight is 251 g/mol.